The number of nitrogens with one attached hydrogen (secondary N) is 1. The maximum Gasteiger partial charge on any atom is 0.223 e. The molecule has 0 saturated carbocycles. The van der Waals surface area contributed by atoms with Crippen LogP contribution in [0.2, 0.25) is 0 Å². The number of likely N-dealkylation sites (tertiary alicyclic amines) is 1. The zero-order chi connectivity index (χ0) is 27.4. The van der Waals surface area contributed by atoms with Crippen molar-refractivity contribution in [1.29, 1.82) is 0 Å². The Bertz CT molecular complexity index is 1390. The second-order valence-electron chi connectivity index (χ2n) is 10.1. The highest BCUT2D eigenvalue weighted by Crippen LogP contribution is 2.43. The summed E-state index contributed by atoms with van der Waals surface area (Å²) in [5.74, 6) is 0.0878. The number of hydrogen-bond acceptors (Lipinski definition) is 9. The molecule has 0 amide bonds. The van der Waals surface area contributed by atoms with E-state index in [0.29, 0.717) is 30.5 Å². The van der Waals surface area contributed by atoms with Crippen LogP contribution < -0.4 is 10.5 Å². The molecule has 5 rings (SSSR count). The molecule has 3 N–H and O–H groups in total. The first kappa shape index (κ1) is 28.0. The fraction of sp³-hybridized carbons (Fsp3) is 0.519. The molecular weight excluding hydrogens is 539 g/mol. The molecule has 2 aliphatic rings. The maximum absolute atomic E-state index is 16.0. The second-order valence-corrected chi connectivity index (χ2v) is 12.8. The lowest BCUT2D eigenvalue weighted by Crippen LogP contribution is -2.26. The number of primary sulfonamides is 1. The summed E-state index contributed by atoms with van der Waals surface area (Å²) in [5.41, 5.74) is 1.38. The summed E-state index contributed by atoms with van der Waals surface area (Å²) < 4.78 is 46.0. The monoisotopic (exact) mass is 574 g/mol. The normalized spacial score (nSPS) is 17.9. The van der Waals surface area contributed by atoms with E-state index in [4.69, 9.17) is 19.8 Å². The molecule has 3 aromatic rings. The average Bonchev–Trinajstić information content (AvgIpc) is 3.61. The van der Waals surface area contributed by atoms with E-state index >= 15 is 4.39 Å². The van der Waals surface area contributed by atoms with E-state index < -0.39 is 21.1 Å². The lowest BCUT2D eigenvalue weighted by Gasteiger charge is -2.19. The number of rotatable bonds is 10. The van der Waals surface area contributed by atoms with Gasteiger partial charge in [0.15, 0.2) is 0 Å². The fourth-order valence-electron chi connectivity index (χ4n) is 5.32. The van der Waals surface area contributed by atoms with Crippen LogP contribution in [0.4, 0.5) is 10.3 Å². The third-order valence-corrected chi connectivity index (χ3v) is 10.0. The van der Waals surface area contributed by atoms with Gasteiger partial charge in [-0.15, -0.1) is 11.3 Å². The molecule has 1 unspecified atom stereocenters. The quantitative estimate of drug-likeness (QED) is 0.362. The number of ether oxygens (including phenoxy) is 1. The summed E-state index contributed by atoms with van der Waals surface area (Å²) >= 11 is 1.50. The Morgan fingerprint density at radius 3 is 2.69 bits per heavy atom. The standard InChI is InChI=1S/C27H35FN6O3S2/c1-2-22(39(29,35)36)19-6-5-7-20(23(19)28)24-25(38-26(33-24)18-9-16-37-17-10-18)21-8-11-30-27(32-21)31-12-15-34-13-3-4-14-34/h5-8,11,18,22H,2-4,9-10,12-17H2,1H3,(H2,29,35,36)(H,30,31,32). The molecule has 0 bridgehead atoms. The molecule has 39 heavy (non-hydrogen) atoms. The minimum absolute atomic E-state index is 0.0519. The lowest BCUT2D eigenvalue weighted by molar-refractivity contribution is 0.0853. The summed E-state index contributed by atoms with van der Waals surface area (Å²) in [6, 6.07) is 6.58. The van der Waals surface area contributed by atoms with Crippen molar-refractivity contribution in [2.45, 2.75) is 50.2 Å². The van der Waals surface area contributed by atoms with E-state index in [1.54, 1.807) is 31.3 Å². The van der Waals surface area contributed by atoms with Crippen LogP contribution in [0.1, 0.15) is 60.8 Å². The fourth-order valence-corrected chi connectivity index (χ4v) is 7.54. The Morgan fingerprint density at radius 1 is 1.21 bits per heavy atom. The second kappa shape index (κ2) is 12.3. The lowest BCUT2D eigenvalue weighted by atomic mass is 10.0. The number of benzene rings is 1. The SMILES string of the molecule is CCC(c1cccc(-c2nc(C3CCOCC3)sc2-c2ccnc(NCCN3CCCC3)n2)c1F)S(N)(=O)=O. The highest BCUT2D eigenvalue weighted by atomic mass is 32.2. The number of halogens is 1. The van der Waals surface area contributed by atoms with Gasteiger partial charge in [-0.1, -0.05) is 19.1 Å². The third-order valence-electron chi connectivity index (χ3n) is 7.41. The summed E-state index contributed by atoms with van der Waals surface area (Å²) in [5, 5.41) is 8.53. The number of thiazole rings is 1. The minimum atomic E-state index is -3.99. The Labute approximate surface area is 233 Å². The number of aromatic nitrogens is 3. The number of nitrogens with zero attached hydrogens (tertiary/aromatic N) is 4. The highest BCUT2D eigenvalue weighted by Gasteiger charge is 2.29. The zero-order valence-corrected chi connectivity index (χ0v) is 23.7. The van der Waals surface area contributed by atoms with Gasteiger partial charge in [0.1, 0.15) is 11.1 Å². The van der Waals surface area contributed by atoms with Gasteiger partial charge in [-0.3, -0.25) is 0 Å². The molecule has 12 heteroatoms. The van der Waals surface area contributed by atoms with Crippen LogP contribution in [0.3, 0.4) is 0 Å². The molecule has 0 spiro atoms. The van der Waals surface area contributed by atoms with Crippen LogP contribution in [0.15, 0.2) is 30.5 Å². The van der Waals surface area contributed by atoms with Crippen molar-refractivity contribution in [2.24, 2.45) is 5.14 Å². The van der Waals surface area contributed by atoms with Crippen LogP contribution in [-0.2, 0) is 14.8 Å². The molecule has 0 aliphatic carbocycles. The van der Waals surface area contributed by atoms with Gasteiger partial charge < -0.3 is 15.0 Å². The molecule has 4 heterocycles. The predicted octanol–water partition coefficient (Wildman–Crippen LogP) is 4.55. The van der Waals surface area contributed by atoms with Gasteiger partial charge >= 0.3 is 0 Å². The summed E-state index contributed by atoms with van der Waals surface area (Å²) in [6.07, 6.45) is 6.01. The van der Waals surface area contributed by atoms with Crippen molar-refractivity contribution in [1.82, 2.24) is 19.9 Å². The van der Waals surface area contributed by atoms with E-state index in [1.807, 2.05) is 0 Å². The Kier molecular flexibility index (Phi) is 8.87. The van der Waals surface area contributed by atoms with Crippen molar-refractivity contribution < 1.29 is 17.5 Å². The number of sulfonamides is 1. The van der Waals surface area contributed by atoms with Crippen molar-refractivity contribution in [2.75, 3.05) is 44.7 Å². The largest absolute Gasteiger partial charge is 0.381 e. The molecule has 2 aliphatic heterocycles. The van der Waals surface area contributed by atoms with Gasteiger partial charge in [-0.2, -0.15) is 0 Å². The summed E-state index contributed by atoms with van der Waals surface area (Å²) in [7, 11) is -3.99. The molecule has 210 valence electrons. The van der Waals surface area contributed by atoms with Crippen LogP contribution in [0.5, 0.6) is 0 Å². The average molecular weight is 575 g/mol. The molecular formula is C27H35FN6O3S2. The van der Waals surface area contributed by atoms with Crippen molar-refractivity contribution in [3.05, 3.63) is 46.9 Å². The molecule has 2 saturated heterocycles. The summed E-state index contributed by atoms with van der Waals surface area (Å²) in [4.78, 5) is 17.2. The third kappa shape index (κ3) is 6.46. The van der Waals surface area contributed by atoms with Gasteiger partial charge in [0.2, 0.25) is 16.0 Å². The predicted molar refractivity (Wildman–Crippen MR) is 152 cm³/mol. The molecule has 1 atom stereocenters. The molecule has 9 nitrogen and oxygen atoms in total. The smallest absolute Gasteiger partial charge is 0.223 e. The van der Waals surface area contributed by atoms with Gasteiger partial charge in [-0.05, 0) is 57.3 Å². The Balaban J connectivity index is 1.52. The number of hydrogen-bond donors (Lipinski definition) is 2. The molecule has 2 aromatic heterocycles. The number of nitrogens with two attached hydrogens (primary N) is 1. The minimum Gasteiger partial charge on any atom is -0.381 e. The van der Waals surface area contributed by atoms with Crippen LogP contribution in [0, 0.1) is 5.82 Å². The van der Waals surface area contributed by atoms with Gasteiger partial charge in [0.25, 0.3) is 0 Å². The van der Waals surface area contributed by atoms with Crippen LogP contribution >= 0.6 is 11.3 Å². The Hall–Kier alpha value is -2.51. The summed E-state index contributed by atoms with van der Waals surface area (Å²) in [6.45, 7) is 6.89. The molecule has 2 fully saturated rings. The van der Waals surface area contributed by atoms with Gasteiger partial charge in [0, 0.05) is 49.5 Å². The molecule has 0 radical (unpaired) electrons. The van der Waals surface area contributed by atoms with Crippen molar-refractivity contribution >= 4 is 27.3 Å². The van der Waals surface area contributed by atoms with E-state index in [1.165, 1.54) is 30.2 Å². The van der Waals surface area contributed by atoms with Crippen molar-refractivity contribution in [3.63, 3.8) is 0 Å². The van der Waals surface area contributed by atoms with E-state index in [0.717, 1.165) is 48.9 Å². The first-order valence-electron chi connectivity index (χ1n) is 13.5. The maximum atomic E-state index is 16.0. The van der Waals surface area contributed by atoms with E-state index in [2.05, 4.69) is 15.2 Å². The van der Waals surface area contributed by atoms with Gasteiger partial charge in [-0.25, -0.2) is 32.9 Å². The van der Waals surface area contributed by atoms with Gasteiger partial charge in [0.05, 0.1) is 21.3 Å². The first-order valence-corrected chi connectivity index (χ1v) is 16.0. The topological polar surface area (TPSA) is 123 Å². The first-order chi connectivity index (χ1) is 18.8. The van der Waals surface area contributed by atoms with Crippen molar-refractivity contribution in [3.8, 4) is 21.8 Å². The highest BCUT2D eigenvalue weighted by molar-refractivity contribution is 7.89. The van der Waals surface area contributed by atoms with E-state index in [9.17, 15) is 8.42 Å². The van der Waals surface area contributed by atoms with E-state index in [-0.39, 0.29) is 23.5 Å². The van der Waals surface area contributed by atoms with Crippen LogP contribution in [0.25, 0.3) is 21.8 Å². The van der Waals surface area contributed by atoms with Crippen LogP contribution in [-0.4, -0.2) is 67.7 Å². The Morgan fingerprint density at radius 2 is 1.97 bits per heavy atom. The number of anilines is 1. The molecule has 1 aromatic carbocycles. The zero-order valence-electron chi connectivity index (χ0n) is 22.1.